The fraction of sp³-hybridized carbons (Fsp3) is 0.370. The molecule has 5 nitrogen and oxygen atoms in total. The summed E-state index contributed by atoms with van der Waals surface area (Å²) in [6.45, 7) is 8.57. The maximum Gasteiger partial charge on any atom is 0.230 e. The predicted octanol–water partition coefficient (Wildman–Crippen LogP) is 4.67. The normalized spacial score (nSPS) is 14.9. The second-order valence-corrected chi connectivity index (χ2v) is 8.61. The first-order valence-corrected chi connectivity index (χ1v) is 11.6. The molecule has 3 aromatic rings. The van der Waals surface area contributed by atoms with Crippen LogP contribution in [0.3, 0.4) is 0 Å². The maximum atomic E-state index is 14.4. The van der Waals surface area contributed by atoms with E-state index in [4.69, 9.17) is 4.98 Å². The van der Waals surface area contributed by atoms with Gasteiger partial charge in [0.2, 0.25) is 5.91 Å². The first kappa shape index (κ1) is 22.9. The van der Waals surface area contributed by atoms with Crippen molar-refractivity contribution in [2.75, 3.05) is 31.1 Å². The number of carbonyl (C=O) groups excluding carboxylic acids is 1. The second kappa shape index (κ2) is 10.1. The molecule has 1 atom stereocenters. The lowest BCUT2D eigenvalue weighted by molar-refractivity contribution is -0.133. The summed E-state index contributed by atoms with van der Waals surface area (Å²) in [7, 11) is 0. The molecule has 1 aliphatic rings. The lowest BCUT2D eigenvalue weighted by atomic mass is 9.94. The van der Waals surface area contributed by atoms with E-state index in [1.807, 2.05) is 61.2 Å². The highest BCUT2D eigenvalue weighted by Crippen LogP contribution is 2.27. The molecule has 0 spiro atoms. The van der Waals surface area contributed by atoms with Crippen LogP contribution in [0, 0.1) is 19.7 Å². The number of anilines is 1. The molecule has 4 rings (SSSR count). The third kappa shape index (κ3) is 5.05. The van der Waals surface area contributed by atoms with Crippen LogP contribution in [0.25, 0.3) is 0 Å². The topological polar surface area (TPSA) is 49.3 Å². The number of nitrogens with zero attached hydrogens (tertiary/aromatic N) is 4. The zero-order valence-electron chi connectivity index (χ0n) is 19.6. The van der Waals surface area contributed by atoms with Crippen molar-refractivity contribution in [2.45, 2.75) is 39.5 Å². The van der Waals surface area contributed by atoms with Gasteiger partial charge in [0.15, 0.2) is 0 Å². The molecule has 1 saturated heterocycles. The Morgan fingerprint density at radius 2 is 1.64 bits per heavy atom. The van der Waals surface area contributed by atoms with E-state index >= 15 is 0 Å². The summed E-state index contributed by atoms with van der Waals surface area (Å²) in [5.74, 6) is 1.41. The number of aryl methyl sites for hydroxylation is 2. The lowest BCUT2D eigenvalue weighted by Crippen LogP contribution is -2.50. The van der Waals surface area contributed by atoms with Crippen LogP contribution in [0.4, 0.5) is 10.2 Å². The van der Waals surface area contributed by atoms with Crippen molar-refractivity contribution in [3.8, 4) is 0 Å². The first-order valence-electron chi connectivity index (χ1n) is 11.6. The smallest absolute Gasteiger partial charge is 0.230 e. The Morgan fingerprint density at radius 1 is 0.970 bits per heavy atom. The fourth-order valence-electron chi connectivity index (χ4n) is 4.62. The molecule has 2 aromatic carbocycles. The molecule has 1 aromatic heterocycles. The van der Waals surface area contributed by atoms with Crippen LogP contribution in [-0.2, 0) is 11.2 Å². The summed E-state index contributed by atoms with van der Waals surface area (Å²) in [5.41, 5.74) is 3.52. The first-order chi connectivity index (χ1) is 16.0. The van der Waals surface area contributed by atoms with Gasteiger partial charge in [-0.3, -0.25) is 4.79 Å². The number of carbonyl (C=O) groups is 1. The fourth-order valence-corrected chi connectivity index (χ4v) is 4.62. The van der Waals surface area contributed by atoms with Gasteiger partial charge in [-0.1, -0.05) is 55.5 Å². The van der Waals surface area contributed by atoms with E-state index in [1.54, 1.807) is 6.07 Å². The van der Waals surface area contributed by atoms with E-state index in [0.717, 1.165) is 29.1 Å². The van der Waals surface area contributed by atoms with Gasteiger partial charge in [0.1, 0.15) is 17.5 Å². The molecule has 1 amide bonds. The standard InChI is InChI=1S/C27H31FN4O/c1-4-23(21-10-6-5-7-11-21)27(33)32-16-14-31(15-17-32)26-24(19(2)29-20(3)30-26)18-22-12-8-9-13-25(22)28/h5-13,23H,4,14-18H2,1-3H3/t23-/m0/s1. The summed E-state index contributed by atoms with van der Waals surface area (Å²) in [6.07, 6.45) is 1.22. The average Bonchev–Trinajstić information content (AvgIpc) is 2.83. The van der Waals surface area contributed by atoms with Gasteiger partial charge in [0.25, 0.3) is 0 Å². The van der Waals surface area contributed by atoms with Crippen molar-refractivity contribution < 1.29 is 9.18 Å². The number of aromatic nitrogens is 2. The predicted molar refractivity (Wildman–Crippen MR) is 129 cm³/mol. The van der Waals surface area contributed by atoms with E-state index in [0.29, 0.717) is 44.0 Å². The summed E-state index contributed by atoms with van der Waals surface area (Å²) in [6, 6.07) is 16.9. The zero-order valence-corrected chi connectivity index (χ0v) is 19.6. The molecular formula is C27H31FN4O. The Balaban J connectivity index is 1.52. The van der Waals surface area contributed by atoms with E-state index in [9.17, 15) is 9.18 Å². The van der Waals surface area contributed by atoms with E-state index in [1.165, 1.54) is 6.07 Å². The van der Waals surface area contributed by atoms with Gasteiger partial charge in [-0.15, -0.1) is 0 Å². The van der Waals surface area contributed by atoms with Gasteiger partial charge in [0.05, 0.1) is 5.92 Å². The Bertz CT molecular complexity index is 1110. The second-order valence-electron chi connectivity index (χ2n) is 8.61. The number of piperazine rings is 1. The number of benzene rings is 2. The molecule has 0 aliphatic carbocycles. The van der Waals surface area contributed by atoms with Gasteiger partial charge in [-0.2, -0.15) is 0 Å². The van der Waals surface area contributed by atoms with Crippen LogP contribution in [0.2, 0.25) is 0 Å². The molecule has 1 fully saturated rings. The van der Waals surface area contributed by atoms with Crippen LogP contribution in [0.15, 0.2) is 54.6 Å². The van der Waals surface area contributed by atoms with Gasteiger partial charge in [0, 0.05) is 43.9 Å². The van der Waals surface area contributed by atoms with Crippen molar-refractivity contribution in [1.82, 2.24) is 14.9 Å². The van der Waals surface area contributed by atoms with Crippen LogP contribution in [0.1, 0.15) is 47.5 Å². The Labute approximate surface area is 195 Å². The van der Waals surface area contributed by atoms with Crippen LogP contribution in [-0.4, -0.2) is 47.0 Å². The Kier molecular flexibility index (Phi) is 7.02. The summed E-state index contributed by atoms with van der Waals surface area (Å²) in [4.78, 5) is 26.7. The maximum absolute atomic E-state index is 14.4. The molecular weight excluding hydrogens is 415 g/mol. The molecule has 6 heteroatoms. The minimum Gasteiger partial charge on any atom is -0.353 e. The third-order valence-electron chi connectivity index (χ3n) is 6.43. The third-order valence-corrected chi connectivity index (χ3v) is 6.43. The highest BCUT2D eigenvalue weighted by molar-refractivity contribution is 5.84. The van der Waals surface area contributed by atoms with Gasteiger partial charge in [-0.05, 0) is 37.5 Å². The van der Waals surface area contributed by atoms with E-state index < -0.39 is 0 Å². The molecule has 33 heavy (non-hydrogen) atoms. The van der Waals surface area contributed by atoms with E-state index in [2.05, 4.69) is 16.8 Å². The molecule has 0 bridgehead atoms. The van der Waals surface area contributed by atoms with Crippen molar-refractivity contribution >= 4 is 11.7 Å². The van der Waals surface area contributed by atoms with E-state index in [-0.39, 0.29) is 17.6 Å². The quantitative estimate of drug-likeness (QED) is 0.552. The number of amides is 1. The number of halogens is 1. The number of rotatable bonds is 6. The van der Waals surface area contributed by atoms with Gasteiger partial charge >= 0.3 is 0 Å². The molecule has 172 valence electrons. The van der Waals surface area contributed by atoms with Gasteiger partial charge < -0.3 is 9.80 Å². The zero-order chi connectivity index (χ0) is 23.4. The van der Waals surface area contributed by atoms with Crippen molar-refractivity contribution in [3.05, 3.63) is 88.6 Å². The van der Waals surface area contributed by atoms with Crippen LogP contribution < -0.4 is 4.90 Å². The summed E-state index contributed by atoms with van der Waals surface area (Å²) in [5, 5.41) is 0. The molecule has 1 aliphatic heterocycles. The SMILES string of the molecule is CC[C@H](C(=O)N1CCN(c2nc(C)nc(C)c2Cc2ccccc2F)CC1)c1ccccc1. The monoisotopic (exact) mass is 446 g/mol. The van der Waals surface area contributed by atoms with Crippen molar-refractivity contribution in [2.24, 2.45) is 0 Å². The molecule has 0 N–H and O–H groups in total. The Hall–Kier alpha value is -3.28. The number of hydrogen-bond acceptors (Lipinski definition) is 4. The van der Waals surface area contributed by atoms with Gasteiger partial charge in [-0.25, -0.2) is 14.4 Å². The lowest BCUT2D eigenvalue weighted by Gasteiger charge is -2.38. The minimum atomic E-state index is -0.217. The highest BCUT2D eigenvalue weighted by atomic mass is 19.1. The molecule has 0 radical (unpaired) electrons. The van der Waals surface area contributed by atoms with Crippen molar-refractivity contribution in [1.29, 1.82) is 0 Å². The van der Waals surface area contributed by atoms with Crippen LogP contribution in [0.5, 0.6) is 0 Å². The molecule has 0 unspecified atom stereocenters. The number of hydrogen-bond donors (Lipinski definition) is 0. The Morgan fingerprint density at radius 3 is 2.30 bits per heavy atom. The van der Waals surface area contributed by atoms with Crippen molar-refractivity contribution in [3.63, 3.8) is 0 Å². The molecule has 0 saturated carbocycles. The summed E-state index contributed by atoms with van der Waals surface area (Å²) >= 11 is 0. The molecule has 2 heterocycles. The minimum absolute atomic E-state index is 0.113. The average molecular weight is 447 g/mol. The highest BCUT2D eigenvalue weighted by Gasteiger charge is 2.29. The largest absolute Gasteiger partial charge is 0.353 e. The summed E-state index contributed by atoms with van der Waals surface area (Å²) < 4.78 is 14.4. The van der Waals surface area contributed by atoms with Crippen LogP contribution >= 0.6 is 0 Å².